The predicted octanol–water partition coefficient (Wildman–Crippen LogP) is 2.18. The molecule has 0 unspecified atom stereocenters. The Morgan fingerprint density at radius 3 is 1.44 bits per heavy atom. The molecule has 9 nitrogen and oxygen atoms in total. The van der Waals surface area contributed by atoms with Crippen molar-refractivity contribution in [2.75, 3.05) is 0 Å². The molecule has 0 spiro atoms. The van der Waals surface area contributed by atoms with Gasteiger partial charge in [0.25, 0.3) is 0 Å². The Bertz CT molecular complexity index is 841. The molecule has 0 amide bonds. The summed E-state index contributed by atoms with van der Waals surface area (Å²) in [6, 6.07) is 4.26. The number of halogens is 2. The average molecular weight is 385 g/mol. The Balaban J connectivity index is 2.38. The molecule has 0 aromatic carbocycles. The summed E-state index contributed by atoms with van der Waals surface area (Å²) < 4.78 is 4.47. The van der Waals surface area contributed by atoms with Crippen molar-refractivity contribution in [1.82, 2.24) is 9.97 Å². The van der Waals surface area contributed by atoms with Crippen LogP contribution in [0.1, 0.15) is 41.7 Å². The largest absolute Gasteiger partial charge is 0.478 e. The molecule has 0 bridgehead atoms. The van der Waals surface area contributed by atoms with Crippen LogP contribution in [0.5, 0.6) is 0 Å². The van der Waals surface area contributed by atoms with Crippen molar-refractivity contribution in [3.05, 3.63) is 57.1 Å². The SMILES string of the molecule is O=C(O)c1ccc(Cl)nc1C(=O)OC(=O)c1nc(Cl)ccc1C(=O)O. The Kier molecular flexibility index (Phi) is 5.30. The third-order valence-electron chi connectivity index (χ3n) is 2.76. The fourth-order valence-electron chi connectivity index (χ4n) is 1.71. The first-order chi connectivity index (χ1) is 11.7. The molecule has 2 N–H and O–H groups in total. The lowest BCUT2D eigenvalue weighted by atomic mass is 10.2. The topological polar surface area (TPSA) is 144 Å². The highest BCUT2D eigenvalue weighted by atomic mass is 35.5. The maximum absolute atomic E-state index is 12.0. The van der Waals surface area contributed by atoms with Crippen LogP contribution in [0.15, 0.2) is 24.3 Å². The number of hydrogen-bond donors (Lipinski definition) is 2. The third-order valence-corrected chi connectivity index (χ3v) is 3.18. The summed E-state index contributed by atoms with van der Waals surface area (Å²) in [7, 11) is 0. The predicted molar refractivity (Wildman–Crippen MR) is 82.2 cm³/mol. The van der Waals surface area contributed by atoms with Gasteiger partial charge in [-0.25, -0.2) is 29.1 Å². The minimum atomic E-state index is -1.50. The van der Waals surface area contributed by atoms with Crippen molar-refractivity contribution in [2.45, 2.75) is 0 Å². The minimum absolute atomic E-state index is 0.212. The minimum Gasteiger partial charge on any atom is -0.478 e. The molecule has 0 saturated carbocycles. The molecule has 25 heavy (non-hydrogen) atoms. The molecular formula is C14H6Cl2N2O7. The second-order valence-electron chi connectivity index (χ2n) is 4.35. The van der Waals surface area contributed by atoms with Crippen LogP contribution in [-0.4, -0.2) is 44.1 Å². The van der Waals surface area contributed by atoms with Crippen molar-refractivity contribution in [2.24, 2.45) is 0 Å². The van der Waals surface area contributed by atoms with Gasteiger partial charge in [-0.15, -0.1) is 0 Å². The maximum Gasteiger partial charge on any atom is 0.365 e. The van der Waals surface area contributed by atoms with E-state index in [1.165, 1.54) is 0 Å². The van der Waals surface area contributed by atoms with Crippen LogP contribution < -0.4 is 0 Å². The molecule has 0 aliphatic heterocycles. The number of aromatic nitrogens is 2. The van der Waals surface area contributed by atoms with Gasteiger partial charge in [0.2, 0.25) is 0 Å². The van der Waals surface area contributed by atoms with E-state index in [1.807, 2.05) is 0 Å². The Morgan fingerprint density at radius 1 is 0.760 bits per heavy atom. The molecule has 0 aliphatic carbocycles. The number of ether oxygens (including phenoxy) is 1. The Labute approximate surface area is 148 Å². The van der Waals surface area contributed by atoms with Crippen molar-refractivity contribution in [3.63, 3.8) is 0 Å². The van der Waals surface area contributed by atoms with Crippen LogP contribution in [-0.2, 0) is 4.74 Å². The zero-order valence-electron chi connectivity index (χ0n) is 11.9. The van der Waals surface area contributed by atoms with Crippen molar-refractivity contribution >= 4 is 47.1 Å². The van der Waals surface area contributed by atoms with E-state index in [0.717, 1.165) is 24.3 Å². The summed E-state index contributed by atoms with van der Waals surface area (Å²) in [5.74, 6) is -5.89. The van der Waals surface area contributed by atoms with E-state index in [-0.39, 0.29) is 10.3 Å². The summed E-state index contributed by atoms with van der Waals surface area (Å²) in [5.41, 5.74) is -2.57. The van der Waals surface area contributed by atoms with Crippen LogP contribution in [0.3, 0.4) is 0 Å². The summed E-state index contributed by atoms with van der Waals surface area (Å²) in [4.78, 5) is 53.3. The second-order valence-corrected chi connectivity index (χ2v) is 5.12. The van der Waals surface area contributed by atoms with E-state index in [4.69, 9.17) is 33.4 Å². The molecule has 128 valence electrons. The van der Waals surface area contributed by atoms with Gasteiger partial charge >= 0.3 is 23.9 Å². The molecule has 0 saturated heterocycles. The molecule has 11 heteroatoms. The monoisotopic (exact) mass is 384 g/mol. The van der Waals surface area contributed by atoms with Gasteiger partial charge in [-0.1, -0.05) is 23.2 Å². The number of esters is 2. The van der Waals surface area contributed by atoms with Crippen LogP contribution in [0.25, 0.3) is 0 Å². The molecule has 0 fully saturated rings. The molecule has 2 heterocycles. The fraction of sp³-hybridized carbons (Fsp3) is 0. The molecule has 2 aromatic rings. The van der Waals surface area contributed by atoms with Crippen molar-refractivity contribution in [3.8, 4) is 0 Å². The fourth-order valence-corrected chi connectivity index (χ4v) is 2.00. The third kappa shape index (κ3) is 4.08. The standard InChI is InChI=1S/C14H6Cl2N2O7/c15-7-3-1-5(11(19)20)9(17-7)13(23)25-14(24)10-6(12(21)22)2-4-8(16)18-10/h1-4H,(H,19,20)(H,21,22). The number of hydrogen-bond acceptors (Lipinski definition) is 7. The van der Waals surface area contributed by atoms with E-state index < -0.39 is 46.4 Å². The average Bonchev–Trinajstić information content (AvgIpc) is 2.53. The molecule has 2 aromatic heterocycles. The van der Waals surface area contributed by atoms with Crippen molar-refractivity contribution in [1.29, 1.82) is 0 Å². The first-order valence-corrected chi connectivity index (χ1v) is 7.02. The zero-order valence-corrected chi connectivity index (χ0v) is 13.4. The number of pyridine rings is 2. The van der Waals surface area contributed by atoms with Crippen LogP contribution in [0.4, 0.5) is 0 Å². The van der Waals surface area contributed by atoms with Crippen molar-refractivity contribution < 1.29 is 34.1 Å². The van der Waals surface area contributed by atoms with Gasteiger partial charge in [0.05, 0.1) is 11.1 Å². The number of carbonyl (C=O) groups is 4. The van der Waals surface area contributed by atoms with Crippen LogP contribution >= 0.6 is 23.2 Å². The highest BCUT2D eigenvalue weighted by Gasteiger charge is 2.27. The number of carboxylic acid groups (broad SMARTS) is 2. The Morgan fingerprint density at radius 2 is 1.12 bits per heavy atom. The quantitative estimate of drug-likeness (QED) is 0.460. The highest BCUT2D eigenvalue weighted by molar-refractivity contribution is 6.30. The molecule has 0 aliphatic rings. The summed E-state index contributed by atoms with van der Waals surface area (Å²) in [5, 5.41) is 17.6. The molecule has 0 atom stereocenters. The first kappa shape index (κ1) is 18.3. The van der Waals surface area contributed by atoms with Crippen LogP contribution in [0, 0.1) is 0 Å². The van der Waals surface area contributed by atoms with E-state index in [0.29, 0.717) is 0 Å². The van der Waals surface area contributed by atoms with Crippen LogP contribution in [0.2, 0.25) is 10.3 Å². The smallest absolute Gasteiger partial charge is 0.365 e. The molecule has 0 radical (unpaired) electrons. The Hall–Kier alpha value is -3.04. The number of rotatable bonds is 4. The normalized spacial score (nSPS) is 10.2. The number of carboxylic acids is 2. The van der Waals surface area contributed by atoms with E-state index in [2.05, 4.69) is 14.7 Å². The van der Waals surface area contributed by atoms with E-state index >= 15 is 0 Å². The first-order valence-electron chi connectivity index (χ1n) is 6.27. The lowest BCUT2D eigenvalue weighted by Gasteiger charge is -2.07. The lowest BCUT2D eigenvalue weighted by molar-refractivity contribution is 0.0378. The number of nitrogens with zero attached hydrogens (tertiary/aromatic N) is 2. The van der Waals surface area contributed by atoms with Gasteiger partial charge < -0.3 is 14.9 Å². The molecular weight excluding hydrogens is 379 g/mol. The van der Waals surface area contributed by atoms with E-state index in [9.17, 15) is 19.2 Å². The second kappa shape index (κ2) is 7.24. The lowest BCUT2D eigenvalue weighted by Crippen LogP contribution is -2.20. The number of aromatic carboxylic acids is 2. The zero-order chi connectivity index (χ0) is 18.7. The summed E-state index contributed by atoms with van der Waals surface area (Å²) >= 11 is 11.2. The number of carbonyl (C=O) groups excluding carboxylic acids is 2. The van der Waals surface area contributed by atoms with Gasteiger partial charge in [0.1, 0.15) is 10.3 Å². The van der Waals surface area contributed by atoms with Gasteiger partial charge in [-0.2, -0.15) is 0 Å². The maximum atomic E-state index is 12.0. The molecule has 2 rings (SSSR count). The van der Waals surface area contributed by atoms with Gasteiger partial charge in [-0.3, -0.25) is 0 Å². The van der Waals surface area contributed by atoms with Gasteiger partial charge in [0, 0.05) is 0 Å². The summed E-state index contributed by atoms with van der Waals surface area (Å²) in [6.07, 6.45) is 0. The van der Waals surface area contributed by atoms with Gasteiger partial charge in [0.15, 0.2) is 11.4 Å². The van der Waals surface area contributed by atoms with Gasteiger partial charge in [-0.05, 0) is 24.3 Å². The highest BCUT2D eigenvalue weighted by Crippen LogP contribution is 2.16. The summed E-state index contributed by atoms with van der Waals surface area (Å²) in [6.45, 7) is 0. The van der Waals surface area contributed by atoms with E-state index in [1.54, 1.807) is 0 Å².